The van der Waals surface area contributed by atoms with Gasteiger partial charge in [0.1, 0.15) is 0 Å². The molecule has 1 unspecified atom stereocenters. The first-order valence-electron chi connectivity index (χ1n) is 4.89. The van der Waals surface area contributed by atoms with E-state index in [1.54, 1.807) is 6.07 Å². The van der Waals surface area contributed by atoms with Crippen LogP contribution in [0.1, 0.15) is 12.0 Å². The summed E-state index contributed by atoms with van der Waals surface area (Å²) in [5, 5.41) is 4.72. The molecular formula is C12H15Cl2N. The molecule has 0 bridgehead atoms. The van der Waals surface area contributed by atoms with Gasteiger partial charge in [0.25, 0.3) is 0 Å². The second-order valence-corrected chi connectivity index (χ2v) is 4.29. The predicted octanol–water partition coefficient (Wildman–Crippen LogP) is 3.70. The van der Waals surface area contributed by atoms with Gasteiger partial charge in [-0.1, -0.05) is 29.3 Å². The predicted molar refractivity (Wildman–Crippen MR) is 67.8 cm³/mol. The Labute approximate surface area is 101 Å². The summed E-state index contributed by atoms with van der Waals surface area (Å²) in [4.78, 5) is 0. The quantitative estimate of drug-likeness (QED) is 0.779. The molecule has 0 amide bonds. The van der Waals surface area contributed by atoms with Crippen LogP contribution in [0, 0.1) is 0 Å². The number of hydrogen-bond donors (Lipinski definition) is 1. The normalized spacial score (nSPS) is 12.5. The minimum atomic E-state index is 0.360. The lowest BCUT2D eigenvalue weighted by Crippen LogP contribution is -2.26. The summed E-state index contributed by atoms with van der Waals surface area (Å²) in [5.41, 5.74) is 1.07. The van der Waals surface area contributed by atoms with Crippen LogP contribution in [0.15, 0.2) is 30.9 Å². The summed E-state index contributed by atoms with van der Waals surface area (Å²) in [6.07, 6.45) is 3.68. The topological polar surface area (TPSA) is 12.0 Å². The number of hydrogen-bond acceptors (Lipinski definition) is 1. The molecule has 1 nitrogen and oxygen atoms in total. The molecule has 1 aromatic rings. The van der Waals surface area contributed by atoms with Crippen LogP contribution < -0.4 is 5.32 Å². The molecule has 0 saturated carbocycles. The van der Waals surface area contributed by atoms with Gasteiger partial charge in [0, 0.05) is 16.1 Å². The van der Waals surface area contributed by atoms with E-state index in [-0.39, 0.29) is 0 Å². The van der Waals surface area contributed by atoms with Crippen molar-refractivity contribution in [3.63, 3.8) is 0 Å². The fourth-order valence-electron chi connectivity index (χ4n) is 1.47. The SMILES string of the molecule is C=CCC(Cc1cc(Cl)ccc1Cl)NC. The highest BCUT2D eigenvalue weighted by atomic mass is 35.5. The molecule has 1 atom stereocenters. The van der Waals surface area contributed by atoms with Crippen molar-refractivity contribution in [3.05, 3.63) is 46.5 Å². The standard InChI is InChI=1S/C12H15Cl2N/c1-3-4-11(15-2)8-9-7-10(13)5-6-12(9)14/h3,5-7,11,15H,1,4,8H2,2H3. The molecule has 1 N–H and O–H groups in total. The Morgan fingerprint density at radius 1 is 1.47 bits per heavy atom. The fourth-order valence-corrected chi connectivity index (χ4v) is 1.86. The van der Waals surface area contributed by atoms with Gasteiger partial charge in [0.05, 0.1) is 0 Å². The van der Waals surface area contributed by atoms with Gasteiger partial charge in [0.2, 0.25) is 0 Å². The molecule has 0 radical (unpaired) electrons. The maximum Gasteiger partial charge on any atom is 0.0439 e. The van der Waals surface area contributed by atoms with Crippen LogP contribution in [0.4, 0.5) is 0 Å². The van der Waals surface area contributed by atoms with Crippen LogP contribution in [0.5, 0.6) is 0 Å². The third-order valence-electron chi connectivity index (χ3n) is 2.33. The number of likely N-dealkylation sites (N-methyl/N-ethyl adjacent to an activating group) is 1. The Kier molecular flexibility index (Phi) is 5.16. The minimum Gasteiger partial charge on any atom is -0.316 e. The van der Waals surface area contributed by atoms with E-state index in [4.69, 9.17) is 23.2 Å². The zero-order valence-corrected chi connectivity index (χ0v) is 10.3. The van der Waals surface area contributed by atoms with E-state index in [2.05, 4.69) is 11.9 Å². The lowest BCUT2D eigenvalue weighted by Gasteiger charge is -2.15. The second-order valence-electron chi connectivity index (χ2n) is 3.45. The Balaban J connectivity index is 2.77. The van der Waals surface area contributed by atoms with Gasteiger partial charge in [-0.05, 0) is 43.7 Å². The van der Waals surface area contributed by atoms with Gasteiger partial charge in [-0.25, -0.2) is 0 Å². The molecule has 0 aromatic heterocycles. The fraction of sp³-hybridized carbons (Fsp3) is 0.333. The van der Waals surface area contributed by atoms with Crippen molar-refractivity contribution in [3.8, 4) is 0 Å². The van der Waals surface area contributed by atoms with E-state index in [9.17, 15) is 0 Å². The van der Waals surface area contributed by atoms with Gasteiger partial charge in [-0.15, -0.1) is 6.58 Å². The molecule has 1 aromatic carbocycles. The third kappa shape index (κ3) is 3.86. The molecule has 82 valence electrons. The van der Waals surface area contributed by atoms with Crippen molar-refractivity contribution in [1.29, 1.82) is 0 Å². The van der Waals surface area contributed by atoms with Gasteiger partial charge in [-0.2, -0.15) is 0 Å². The maximum atomic E-state index is 6.09. The van der Waals surface area contributed by atoms with Gasteiger partial charge in [0.15, 0.2) is 0 Å². The highest BCUT2D eigenvalue weighted by molar-refractivity contribution is 6.33. The van der Waals surface area contributed by atoms with Gasteiger partial charge in [-0.3, -0.25) is 0 Å². The van der Waals surface area contributed by atoms with Crippen LogP contribution in [0.2, 0.25) is 10.0 Å². The van der Waals surface area contributed by atoms with Crippen LogP contribution in [0.25, 0.3) is 0 Å². The Bertz CT molecular complexity index is 336. The first kappa shape index (κ1) is 12.6. The van der Waals surface area contributed by atoms with Crippen LogP contribution in [-0.4, -0.2) is 13.1 Å². The van der Waals surface area contributed by atoms with E-state index in [1.807, 2.05) is 25.3 Å². The van der Waals surface area contributed by atoms with Crippen molar-refractivity contribution < 1.29 is 0 Å². The molecule has 1 rings (SSSR count). The average Bonchev–Trinajstić information content (AvgIpc) is 2.22. The van der Waals surface area contributed by atoms with Crippen molar-refractivity contribution in [1.82, 2.24) is 5.32 Å². The van der Waals surface area contributed by atoms with Crippen molar-refractivity contribution in [2.75, 3.05) is 7.05 Å². The van der Waals surface area contributed by atoms with E-state index < -0.39 is 0 Å². The van der Waals surface area contributed by atoms with E-state index >= 15 is 0 Å². The molecule has 3 heteroatoms. The van der Waals surface area contributed by atoms with E-state index in [0.29, 0.717) is 6.04 Å². The summed E-state index contributed by atoms with van der Waals surface area (Å²) in [7, 11) is 1.94. The molecule has 0 heterocycles. The third-order valence-corrected chi connectivity index (χ3v) is 2.94. The lowest BCUT2D eigenvalue weighted by atomic mass is 10.0. The number of rotatable bonds is 5. The lowest BCUT2D eigenvalue weighted by molar-refractivity contribution is 0.566. The van der Waals surface area contributed by atoms with Gasteiger partial charge >= 0.3 is 0 Å². The Hall–Kier alpha value is -0.500. The maximum absolute atomic E-state index is 6.09. The summed E-state index contributed by atoms with van der Waals surface area (Å²) in [6.45, 7) is 3.73. The monoisotopic (exact) mass is 243 g/mol. The van der Waals surface area contributed by atoms with Crippen molar-refractivity contribution in [2.45, 2.75) is 18.9 Å². The number of nitrogens with one attached hydrogen (secondary N) is 1. The molecule has 15 heavy (non-hydrogen) atoms. The van der Waals surface area contributed by atoms with Crippen LogP contribution >= 0.6 is 23.2 Å². The number of halogens is 2. The van der Waals surface area contributed by atoms with Crippen molar-refractivity contribution >= 4 is 23.2 Å². The Morgan fingerprint density at radius 3 is 2.80 bits per heavy atom. The minimum absolute atomic E-state index is 0.360. The molecule has 0 spiro atoms. The smallest absolute Gasteiger partial charge is 0.0439 e. The molecular weight excluding hydrogens is 229 g/mol. The van der Waals surface area contributed by atoms with Crippen molar-refractivity contribution in [2.24, 2.45) is 0 Å². The first-order valence-corrected chi connectivity index (χ1v) is 5.65. The summed E-state index contributed by atoms with van der Waals surface area (Å²) < 4.78 is 0. The summed E-state index contributed by atoms with van der Waals surface area (Å²) >= 11 is 12.0. The largest absolute Gasteiger partial charge is 0.316 e. The highest BCUT2D eigenvalue weighted by Crippen LogP contribution is 2.22. The zero-order valence-electron chi connectivity index (χ0n) is 8.76. The summed E-state index contributed by atoms with van der Waals surface area (Å²) in [5.74, 6) is 0. The average molecular weight is 244 g/mol. The number of benzene rings is 1. The molecule has 0 aliphatic rings. The van der Waals surface area contributed by atoms with Crippen LogP contribution in [-0.2, 0) is 6.42 Å². The summed E-state index contributed by atoms with van der Waals surface area (Å²) in [6, 6.07) is 5.91. The second kappa shape index (κ2) is 6.16. The molecule has 0 aliphatic heterocycles. The molecule has 0 saturated heterocycles. The highest BCUT2D eigenvalue weighted by Gasteiger charge is 2.08. The molecule has 0 fully saturated rings. The molecule has 0 aliphatic carbocycles. The van der Waals surface area contributed by atoms with Crippen LogP contribution in [0.3, 0.4) is 0 Å². The zero-order chi connectivity index (χ0) is 11.3. The first-order chi connectivity index (χ1) is 7.17. The van der Waals surface area contributed by atoms with E-state index in [0.717, 1.165) is 28.5 Å². The Morgan fingerprint density at radius 2 is 2.20 bits per heavy atom. The van der Waals surface area contributed by atoms with Gasteiger partial charge < -0.3 is 5.32 Å². The van der Waals surface area contributed by atoms with E-state index in [1.165, 1.54) is 0 Å².